The first kappa shape index (κ1) is 29.7. The maximum Gasteiger partial charge on any atom is 0.319 e. The Labute approximate surface area is 271 Å². The van der Waals surface area contributed by atoms with Crippen LogP contribution in [0, 0.1) is 29.4 Å². The van der Waals surface area contributed by atoms with Crippen LogP contribution in [-0.4, -0.2) is 82.4 Å². The molecule has 0 spiro atoms. The van der Waals surface area contributed by atoms with E-state index in [0.717, 1.165) is 51.1 Å². The fourth-order valence-electron chi connectivity index (χ4n) is 7.66. The summed E-state index contributed by atoms with van der Waals surface area (Å²) in [6.45, 7) is 7.20. The summed E-state index contributed by atoms with van der Waals surface area (Å²) in [7, 11) is 0. The molecule has 46 heavy (non-hydrogen) atoms. The fraction of sp³-hybridized carbons (Fsp3) is 0.444. The van der Waals surface area contributed by atoms with Crippen molar-refractivity contribution < 1.29 is 18.6 Å². The highest BCUT2D eigenvalue weighted by Gasteiger charge is 2.45. The van der Waals surface area contributed by atoms with Gasteiger partial charge in [0.05, 0.1) is 12.2 Å². The number of thioether (sulfide) groups is 1. The summed E-state index contributed by atoms with van der Waals surface area (Å²) in [5.41, 5.74) is 0.389. The van der Waals surface area contributed by atoms with Gasteiger partial charge in [0.2, 0.25) is 0 Å². The molecule has 0 radical (unpaired) electrons. The fourth-order valence-corrected chi connectivity index (χ4v) is 8.75. The van der Waals surface area contributed by atoms with E-state index in [-0.39, 0.29) is 33.8 Å². The van der Waals surface area contributed by atoms with Crippen molar-refractivity contribution in [1.29, 1.82) is 0 Å². The number of fused-ring (bicyclic) bond motifs is 4. The number of anilines is 1. The molecule has 1 aromatic heterocycles. The van der Waals surface area contributed by atoms with Gasteiger partial charge in [-0.3, -0.25) is 0 Å². The van der Waals surface area contributed by atoms with Crippen molar-refractivity contribution in [1.82, 2.24) is 20.2 Å². The van der Waals surface area contributed by atoms with Gasteiger partial charge in [0.1, 0.15) is 22.9 Å². The number of ether oxygens (including phenoxy) is 1. The SMILES string of the molecule is C#Cc1cccc2cc(O)cc(-c3c(F)cc4c(N5CC6CCC(C5)N6)nc(OCC5(CN6CCS[C@@H](C)C6)CC5)nc4c3F)c12. The summed E-state index contributed by atoms with van der Waals surface area (Å²) in [5.74, 6) is 2.53. The second kappa shape index (κ2) is 11.5. The third-order valence-corrected chi connectivity index (χ3v) is 11.2. The van der Waals surface area contributed by atoms with Gasteiger partial charge in [0, 0.05) is 83.1 Å². The summed E-state index contributed by atoms with van der Waals surface area (Å²) < 4.78 is 39.5. The van der Waals surface area contributed by atoms with Crippen molar-refractivity contribution in [3.8, 4) is 35.2 Å². The smallest absolute Gasteiger partial charge is 0.319 e. The van der Waals surface area contributed by atoms with Gasteiger partial charge in [-0.2, -0.15) is 21.7 Å². The molecular formula is C36H37F2N5O2S. The number of rotatable bonds is 7. The molecule has 10 heteroatoms. The van der Waals surface area contributed by atoms with E-state index in [2.05, 4.69) is 32.9 Å². The molecule has 3 aliphatic heterocycles. The zero-order valence-electron chi connectivity index (χ0n) is 25.9. The topological polar surface area (TPSA) is 73.8 Å². The third kappa shape index (κ3) is 5.42. The van der Waals surface area contributed by atoms with E-state index in [0.29, 0.717) is 64.6 Å². The largest absolute Gasteiger partial charge is 0.508 e. The summed E-state index contributed by atoms with van der Waals surface area (Å²) in [5, 5.41) is 16.2. The molecule has 7 nitrogen and oxygen atoms in total. The van der Waals surface area contributed by atoms with E-state index in [9.17, 15) is 5.11 Å². The maximum atomic E-state index is 16.9. The quantitative estimate of drug-likeness (QED) is 0.240. The number of terminal acetylenes is 1. The van der Waals surface area contributed by atoms with Gasteiger partial charge in [-0.1, -0.05) is 25.0 Å². The second-order valence-electron chi connectivity index (χ2n) is 13.6. The molecule has 0 amide bonds. The number of phenolic OH excluding ortho intramolecular Hbond substituents is 1. The zero-order chi connectivity index (χ0) is 31.6. The van der Waals surface area contributed by atoms with Gasteiger partial charge >= 0.3 is 6.01 Å². The number of benzene rings is 3. The van der Waals surface area contributed by atoms with Crippen LogP contribution in [0.2, 0.25) is 0 Å². The molecule has 3 aromatic carbocycles. The van der Waals surface area contributed by atoms with E-state index >= 15 is 8.78 Å². The van der Waals surface area contributed by atoms with Crippen LogP contribution in [0.4, 0.5) is 14.6 Å². The van der Waals surface area contributed by atoms with Gasteiger partial charge in [-0.25, -0.2) is 8.78 Å². The number of nitrogens with one attached hydrogen (secondary N) is 1. The highest BCUT2D eigenvalue weighted by atomic mass is 32.2. The average Bonchev–Trinajstić information content (AvgIpc) is 3.72. The zero-order valence-corrected chi connectivity index (χ0v) is 26.7. The van der Waals surface area contributed by atoms with E-state index in [1.807, 2.05) is 11.8 Å². The van der Waals surface area contributed by atoms with Crippen LogP contribution in [0.15, 0.2) is 36.4 Å². The molecule has 1 saturated carbocycles. The summed E-state index contributed by atoms with van der Waals surface area (Å²) in [6, 6.07) is 10.2. The Bertz CT molecular complexity index is 1880. The predicted octanol–water partition coefficient (Wildman–Crippen LogP) is 5.95. The van der Waals surface area contributed by atoms with Crippen molar-refractivity contribution >= 4 is 39.3 Å². The summed E-state index contributed by atoms with van der Waals surface area (Å²) >= 11 is 2.02. The van der Waals surface area contributed by atoms with Crippen LogP contribution >= 0.6 is 11.8 Å². The van der Waals surface area contributed by atoms with Crippen molar-refractivity contribution in [2.24, 2.45) is 5.41 Å². The maximum absolute atomic E-state index is 16.9. The molecule has 3 saturated heterocycles. The number of halogens is 2. The number of phenols is 1. The molecule has 1 aliphatic carbocycles. The molecule has 2 bridgehead atoms. The third-order valence-electron chi connectivity index (χ3n) is 10.1. The molecule has 2 N–H and O–H groups in total. The Morgan fingerprint density at radius 1 is 1.13 bits per heavy atom. The molecular weight excluding hydrogens is 604 g/mol. The molecule has 4 aliphatic rings. The van der Waals surface area contributed by atoms with E-state index in [1.54, 1.807) is 24.3 Å². The number of nitrogens with zero attached hydrogens (tertiary/aromatic N) is 4. The standard InChI is InChI=1S/C36H37F2N5O2S/c1-3-22-5-4-6-23-13-26(44)14-27(30(22)23)31-29(37)15-28-33(32(31)38)40-35(41-34(28)43-17-24-7-8-25(18-43)39-24)45-20-36(9-10-36)19-42-11-12-46-21(2)16-42/h1,4-6,13-15,21,24-25,39,44H,7-12,16-20H2,2H3/t21-,24?,25?/m0/s1. The predicted molar refractivity (Wildman–Crippen MR) is 180 cm³/mol. The summed E-state index contributed by atoms with van der Waals surface area (Å²) in [6.07, 6.45) is 10.0. The van der Waals surface area contributed by atoms with E-state index < -0.39 is 11.6 Å². The van der Waals surface area contributed by atoms with Gasteiger partial charge in [-0.15, -0.1) is 6.42 Å². The Hall–Kier alpha value is -3.65. The molecule has 4 heterocycles. The van der Waals surface area contributed by atoms with Crippen molar-refractivity contribution in [3.05, 3.63) is 53.6 Å². The highest BCUT2D eigenvalue weighted by Crippen LogP contribution is 2.47. The van der Waals surface area contributed by atoms with Crippen LogP contribution in [0.3, 0.4) is 0 Å². The van der Waals surface area contributed by atoms with Gasteiger partial charge in [0.25, 0.3) is 0 Å². The van der Waals surface area contributed by atoms with E-state index in [1.165, 1.54) is 12.1 Å². The minimum Gasteiger partial charge on any atom is -0.508 e. The first-order valence-electron chi connectivity index (χ1n) is 16.2. The lowest BCUT2D eigenvalue weighted by molar-refractivity contribution is 0.157. The minimum absolute atomic E-state index is 0.0105. The van der Waals surface area contributed by atoms with Gasteiger partial charge in [-0.05, 0) is 55.3 Å². The minimum atomic E-state index is -0.832. The molecule has 3 atom stereocenters. The van der Waals surface area contributed by atoms with Crippen LogP contribution in [0.25, 0.3) is 32.8 Å². The number of hydrogen-bond acceptors (Lipinski definition) is 8. The Morgan fingerprint density at radius 2 is 1.93 bits per heavy atom. The lowest BCUT2D eigenvalue weighted by atomic mass is 9.93. The van der Waals surface area contributed by atoms with Crippen LogP contribution in [-0.2, 0) is 0 Å². The van der Waals surface area contributed by atoms with Crippen molar-refractivity contribution in [3.63, 3.8) is 0 Å². The van der Waals surface area contributed by atoms with Gasteiger partial charge < -0.3 is 25.0 Å². The van der Waals surface area contributed by atoms with Crippen molar-refractivity contribution in [2.45, 2.75) is 49.9 Å². The molecule has 4 aromatic rings. The number of piperazine rings is 1. The Kier molecular flexibility index (Phi) is 7.46. The summed E-state index contributed by atoms with van der Waals surface area (Å²) in [4.78, 5) is 14.1. The normalized spacial score (nSPS) is 24.0. The lowest BCUT2D eigenvalue weighted by Crippen LogP contribution is -2.51. The van der Waals surface area contributed by atoms with Crippen molar-refractivity contribution in [2.75, 3.05) is 50.0 Å². The Balaban J connectivity index is 1.22. The first-order valence-corrected chi connectivity index (χ1v) is 17.2. The first-order chi connectivity index (χ1) is 22.3. The number of hydrogen-bond donors (Lipinski definition) is 2. The molecule has 2 unspecified atom stereocenters. The Morgan fingerprint density at radius 3 is 2.67 bits per heavy atom. The average molecular weight is 642 g/mol. The van der Waals surface area contributed by atoms with Crippen LogP contribution < -0.4 is 15.0 Å². The monoisotopic (exact) mass is 641 g/mol. The molecule has 4 fully saturated rings. The van der Waals surface area contributed by atoms with Crippen LogP contribution in [0.5, 0.6) is 11.8 Å². The van der Waals surface area contributed by atoms with Gasteiger partial charge in [0.15, 0.2) is 5.82 Å². The number of aromatic nitrogens is 2. The van der Waals surface area contributed by atoms with Crippen LogP contribution in [0.1, 0.15) is 38.2 Å². The second-order valence-corrected chi connectivity index (χ2v) is 15.1. The highest BCUT2D eigenvalue weighted by molar-refractivity contribution is 7.99. The molecule has 238 valence electrons. The lowest BCUT2D eigenvalue weighted by Gasteiger charge is -2.34. The van der Waals surface area contributed by atoms with E-state index in [4.69, 9.17) is 16.1 Å². The number of aromatic hydroxyl groups is 1. The molecule has 8 rings (SSSR count).